The highest BCUT2D eigenvalue weighted by Crippen LogP contribution is 2.61. The molecule has 1 fully saturated rings. The van der Waals surface area contributed by atoms with Gasteiger partial charge in [-0.1, -0.05) is 31.5 Å². The summed E-state index contributed by atoms with van der Waals surface area (Å²) >= 11 is 5.19. The molecular formula is C16H14ClF7. The highest BCUT2D eigenvalue weighted by Gasteiger charge is 2.57. The second kappa shape index (κ2) is 5.93. The predicted octanol–water partition coefficient (Wildman–Crippen LogP) is 6.05. The van der Waals surface area contributed by atoms with Crippen molar-refractivity contribution in [3.05, 3.63) is 45.5 Å². The fourth-order valence-electron chi connectivity index (χ4n) is 2.95. The molecule has 0 unspecified atom stereocenters. The Kier molecular flexibility index (Phi) is 4.72. The van der Waals surface area contributed by atoms with Gasteiger partial charge in [0.25, 0.3) is 0 Å². The Morgan fingerprint density at radius 3 is 1.92 bits per heavy atom. The van der Waals surface area contributed by atoms with Crippen LogP contribution in [0.1, 0.15) is 25.0 Å². The maximum atomic E-state index is 13.9. The maximum Gasteiger partial charge on any atom is 0.426 e. The van der Waals surface area contributed by atoms with Crippen LogP contribution >= 0.6 is 11.6 Å². The minimum atomic E-state index is -4.72. The van der Waals surface area contributed by atoms with E-state index in [4.69, 9.17) is 11.6 Å². The van der Waals surface area contributed by atoms with E-state index in [1.54, 1.807) is 13.8 Å². The minimum absolute atomic E-state index is 0.429. The van der Waals surface area contributed by atoms with Gasteiger partial charge in [-0.05, 0) is 30.6 Å². The number of allylic oxidation sites excluding steroid dienone is 2. The van der Waals surface area contributed by atoms with Crippen molar-refractivity contribution in [2.24, 2.45) is 17.3 Å². The Hall–Kier alpha value is -1.24. The van der Waals surface area contributed by atoms with Crippen LogP contribution in [-0.4, -0.2) is 6.18 Å². The zero-order chi connectivity index (χ0) is 18.6. The van der Waals surface area contributed by atoms with Crippen LogP contribution < -0.4 is 0 Å². The molecule has 1 aliphatic rings. The summed E-state index contributed by atoms with van der Waals surface area (Å²) in [5.74, 6) is -7.36. The van der Waals surface area contributed by atoms with E-state index in [2.05, 4.69) is 0 Å². The van der Waals surface area contributed by atoms with Gasteiger partial charge in [0, 0.05) is 11.1 Å². The molecule has 1 aliphatic carbocycles. The summed E-state index contributed by atoms with van der Waals surface area (Å²) in [6, 6.07) is 0. The fourth-order valence-corrected chi connectivity index (χ4v) is 3.08. The first kappa shape index (κ1) is 19.1. The highest BCUT2D eigenvalue weighted by molar-refractivity contribution is 6.30. The summed E-state index contributed by atoms with van der Waals surface area (Å²) in [7, 11) is 0. The van der Waals surface area contributed by atoms with Gasteiger partial charge in [0.05, 0.1) is 0 Å². The molecular weight excluding hydrogens is 361 g/mol. The zero-order valence-corrected chi connectivity index (χ0v) is 13.7. The molecule has 0 saturated heterocycles. The number of hydrogen-bond acceptors (Lipinski definition) is 0. The first-order chi connectivity index (χ1) is 10.8. The maximum absolute atomic E-state index is 13.9. The van der Waals surface area contributed by atoms with E-state index in [-0.39, 0.29) is 0 Å². The topological polar surface area (TPSA) is 0 Å². The number of alkyl halides is 3. The summed E-state index contributed by atoms with van der Waals surface area (Å²) in [6.45, 7) is 4.09. The number of halogens is 8. The van der Waals surface area contributed by atoms with Gasteiger partial charge in [0.15, 0.2) is 23.3 Å². The van der Waals surface area contributed by atoms with E-state index in [1.807, 2.05) is 0 Å². The van der Waals surface area contributed by atoms with Crippen molar-refractivity contribution in [2.45, 2.75) is 33.4 Å². The molecule has 0 N–H and O–H groups in total. The van der Waals surface area contributed by atoms with E-state index in [0.717, 1.165) is 13.0 Å². The molecule has 0 spiro atoms. The normalized spacial score (nSPS) is 23.5. The van der Waals surface area contributed by atoms with Crippen LogP contribution in [-0.2, 0) is 6.42 Å². The lowest BCUT2D eigenvalue weighted by Gasteiger charge is -2.10. The van der Waals surface area contributed by atoms with Gasteiger partial charge in [-0.3, -0.25) is 0 Å². The minimum Gasteiger partial charge on any atom is -0.203 e. The molecule has 0 amide bonds. The molecule has 0 heterocycles. The molecule has 0 nitrogen and oxygen atoms in total. The molecule has 2 rings (SSSR count). The van der Waals surface area contributed by atoms with Crippen molar-refractivity contribution >= 4 is 11.6 Å². The molecule has 8 heteroatoms. The smallest absolute Gasteiger partial charge is 0.203 e. The molecule has 0 radical (unpaired) electrons. The van der Waals surface area contributed by atoms with E-state index in [0.29, 0.717) is 0 Å². The Labute approximate surface area is 139 Å². The fraction of sp³-hybridized carbons (Fsp3) is 0.500. The molecule has 1 aromatic rings. The van der Waals surface area contributed by atoms with Crippen LogP contribution in [0.4, 0.5) is 30.7 Å². The lowest BCUT2D eigenvalue weighted by molar-refractivity contribution is -0.0848. The third kappa shape index (κ3) is 3.15. The molecule has 1 aromatic carbocycles. The van der Waals surface area contributed by atoms with Gasteiger partial charge in [-0.2, -0.15) is 13.2 Å². The summed E-state index contributed by atoms with van der Waals surface area (Å²) in [5.41, 5.74) is -2.31. The lowest BCUT2D eigenvalue weighted by Crippen LogP contribution is -2.09. The van der Waals surface area contributed by atoms with E-state index in [1.165, 1.54) is 0 Å². The predicted molar refractivity (Wildman–Crippen MR) is 75.5 cm³/mol. The van der Waals surface area contributed by atoms with Gasteiger partial charge in [0.1, 0.15) is 5.03 Å². The Morgan fingerprint density at radius 2 is 1.50 bits per heavy atom. The molecule has 0 aromatic heterocycles. The highest BCUT2D eigenvalue weighted by atomic mass is 35.5. The van der Waals surface area contributed by atoms with Gasteiger partial charge >= 0.3 is 6.18 Å². The lowest BCUT2D eigenvalue weighted by atomic mass is 10.00. The van der Waals surface area contributed by atoms with Gasteiger partial charge in [0.2, 0.25) is 0 Å². The molecule has 0 bridgehead atoms. The second-order valence-electron chi connectivity index (χ2n) is 6.53. The van der Waals surface area contributed by atoms with Gasteiger partial charge in [-0.25, -0.2) is 17.6 Å². The quantitative estimate of drug-likeness (QED) is 0.446. The molecule has 2 atom stereocenters. The third-order valence-corrected chi connectivity index (χ3v) is 5.07. The van der Waals surface area contributed by atoms with Crippen LogP contribution in [0.15, 0.2) is 11.1 Å². The first-order valence-corrected chi connectivity index (χ1v) is 7.43. The average molecular weight is 375 g/mol. The van der Waals surface area contributed by atoms with Crippen molar-refractivity contribution in [3.8, 4) is 0 Å². The monoisotopic (exact) mass is 374 g/mol. The zero-order valence-electron chi connectivity index (χ0n) is 13.0. The molecule has 0 aliphatic heterocycles. The Morgan fingerprint density at radius 1 is 1.04 bits per heavy atom. The number of rotatable bonds is 3. The van der Waals surface area contributed by atoms with Crippen LogP contribution in [0, 0.1) is 47.4 Å². The van der Waals surface area contributed by atoms with Crippen molar-refractivity contribution in [3.63, 3.8) is 0 Å². The summed E-state index contributed by atoms with van der Waals surface area (Å²) in [6.07, 6.45) is -4.37. The van der Waals surface area contributed by atoms with E-state index < -0.39 is 69.3 Å². The van der Waals surface area contributed by atoms with Gasteiger partial charge in [-0.15, -0.1) is 0 Å². The Bertz CT molecular complexity index is 674. The van der Waals surface area contributed by atoms with Crippen LogP contribution in [0.5, 0.6) is 0 Å². The molecule has 1 saturated carbocycles. The second-order valence-corrected chi connectivity index (χ2v) is 6.94. The largest absolute Gasteiger partial charge is 0.426 e. The third-order valence-electron chi connectivity index (χ3n) is 4.73. The Balaban J connectivity index is 2.34. The summed E-state index contributed by atoms with van der Waals surface area (Å²) in [4.78, 5) is 0. The summed E-state index contributed by atoms with van der Waals surface area (Å²) < 4.78 is 92.5. The standard InChI is InChI=1S/C16H14ClF7/c1-6-11(18)13(20)7(14(21)12(6)19)4-8-9(15(8,2)3)5-10(17)16(22,23)24/h5,8-9H,4H2,1-3H3/t8-,9+/m0/s1. The number of hydrogen-bond donors (Lipinski definition) is 0. The van der Waals surface area contributed by atoms with Crippen molar-refractivity contribution in [1.82, 2.24) is 0 Å². The molecule has 24 heavy (non-hydrogen) atoms. The number of benzene rings is 1. The average Bonchev–Trinajstić information content (AvgIpc) is 2.98. The van der Waals surface area contributed by atoms with Crippen LogP contribution in [0.3, 0.4) is 0 Å². The SMILES string of the molecule is Cc1c(F)c(F)c(C[C@H]2[C@@H](C=C(Cl)C(F)(F)F)C2(C)C)c(F)c1F. The van der Waals surface area contributed by atoms with E-state index in [9.17, 15) is 30.7 Å². The van der Waals surface area contributed by atoms with E-state index >= 15 is 0 Å². The van der Waals surface area contributed by atoms with Crippen molar-refractivity contribution < 1.29 is 30.7 Å². The van der Waals surface area contributed by atoms with Crippen molar-refractivity contribution in [1.29, 1.82) is 0 Å². The first-order valence-electron chi connectivity index (χ1n) is 7.06. The summed E-state index contributed by atoms with van der Waals surface area (Å²) in [5, 5.41) is -1.33. The van der Waals surface area contributed by atoms with Crippen LogP contribution in [0.2, 0.25) is 0 Å². The molecule has 134 valence electrons. The van der Waals surface area contributed by atoms with Crippen molar-refractivity contribution in [2.75, 3.05) is 0 Å². The van der Waals surface area contributed by atoms with Gasteiger partial charge < -0.3 is 0 Å². The van der Waals surface area contributed by atoms with Crippen LogP contribution in [0.25, 0.3) is 0 Å².